The molecule has 2 unspecified atom stereocenters. The zero-order valence-corrected chi connectivity index (χ0v) is 17.4. The van der Waals surface area contributed by atoms with Crippen LogP contribution in [0, 0.1) is 11.8 Å². The number of hydrogen-bond donors (Lipinski definition) is 2. The maximum absolute atomic E-state index is 11.4. The molecule has 132 valence electrons. The van der Waals surface area contributed by atoms with E-state index in [9.17, 15) is 8.42 Å². The third kappa shape index (κ3) is 9.17. The van der Waals surface area contributed by atoms with E-state index in [0.717, 1.165) is 24.7 Å². The Morgan fingerprint density at radius 1 is 1.27 bits per heavy atom. The summed E-state index contributed by atoms with van der Waals surface area (Å²) in [4.78, 5) is 4.21. The minimum absolute atomic E-state index is 0. The summed E-state index contributed by atoms with van der Waals surface area (Å²) >= 11 is 0. The van der Waals surface area contributed by atoms with E-state index in [1.165, 1.54) is 12.8 Å². The highest BCUT2D eigenvalue weighted by Crippen LogP contribution is 2.17. The molecule has 0 spiro atoms. The first-order valence-corrected chi connectivity index (χ1v) is 9.82. The lowest BCUT2D eigenvalue weighted by Gasteiger charge is -2.19. The van der Waals surface area contributed by atoms with Crippen LogP contribution < -0.4 is 10.6 Å². The van der Waals surface area contributed by atoms with Gasteiger partial charge in [-0.25, -0.2) is 8.42 Å². The van der Waals surface area contributed by atoms with Gasteiger partial charge in [0.15, 0.2) is 15.8 Å². The number of guanidine groups is 1. The van der Waals surface area contributed by atoms with Gasteiger partial charge >= 0.3 is 0 Å². The Kier molecular flexibility index (Phi) is 10.6. The monoisotopic (exact) mass is 445 g/mol. The van der Waals surface area contributed by atoms with Crippen molar-refractivity contribution in [2.75, 3.05) is 25.1 Å². The first-order chi connectivity index (χ1) is 9.82. The summed E-state index contributed by atoms with van der Waals surface area (Å²) in [7, 11) is -1.04. The third-order valence-corrected chi connectivity index (χ3v) is 5.75. The minimum Gasteiger partial charge on any atom is -0.356 e. The van der Waals surface area contributed by atoms with Crippen LogP contribution in [-0.2, 0) is 9.84 Å². The Morgan fingerprint density at radius 3 is 2.45 bits per heavy atom. The largest absolute Gasteiger partial charge is 0.356 e. The van der Waals surface area contributed by atoms with Crippen molar-refractivity contribution in [1.82, 2.24) is 10.6 Å². The van der Waals surface area contributed by atoms with Gasteiger partial charge in [0, 0.05) is 19.6 Å². The number of hydrogen-bond acceptors (Lipinski definition) is 3. The first kappa shape index (κ1) is 21.9. The van der Waals surface area contributed by atoms with Crippen LogP contribution in [0.5, 0.6) is 0 Å². The van der Waals surface area contributed by atoms with E-state index in [0.29, 0.717) is 24.1 Å². The van der Waals surface area contributed by atoms with Crippen LogP contribution in [0.1, 0.15) is 46.5 Å². The van der Waals surface area contributed by atoms with Crippen molar-refractivity contribution in [3.05, 3.63) is 0 Å². The molecule has 7 heteroatoms. The van der Waals surface area contributed by atoms with Gasteiger partial charge in [0.25, 0.3) is 0 Å². The molecule has 0 amide bonds. The van der Waals surface area contributed by atoms with E-state index >= 15 is 0 Å². The van der Waals surface area contributed by atoms with E-state index in [4.69, 9.17) is 0 Å². The highest BCUT2D eigenvalue weighted by atomic mass is 127. The van der Waals surface area contributed by atoms with Crippen LogP contribution in [0.4, 0.5) is 0 Å². The van der Waals surface area contributed by atoms with Crippen molar-refractivity contribution < 1.29 is 8.42 Å². The summed E-state index contributed by atoms with van der Waals surface area (Å²) in [5.74, 6) is 2.37. The van der Waals surface area contributed by atoms with Crippen molar-refractivity contribution >= 4 is 39.8 Å². The molecule has 0 radical (unpaired) electrons. The average Bonchev–Trinajstić information content (AvgIpc) is 2.73. The Balaban J connectivity index is 0.00000441. The van der Waals surface area contributed by atoms with Gasteiger partial charge in [0.05, 0.1) is 11.5 Å². The quantitative estimate of drug-likeness (QED) is 0.359. The summed E-state index contributed by atoms with van der Waals surface area (Å²) in [6.07, 6.45) is 4.34. The van der Waals surface area contributed by atoms with Crippen molar-refractivity contribution in [3.8, 4) is 0 Å². The Bertz CT molecular complexity index is 438. The highest BCUT2D eigenvalue weighted by Gasteiger charge is 2.27. The van der Waals surface area contributed by atoms with E-state index in [1.54, 1.807) is 7.05 Å². The van der Waals surface area contributed by atoms with Gasteiger partial charge in [-0.3, -0.25) is 4.99 Å². The molecule has 1 saturated heterocycles. The molecule has 0 bridgehead atoms. The summed E-state index contributed by atoms with van der Waals surface area (Å²) in [5, 5.41) is 6.63. The van der Waals surface area contributed by atoms with Crippen LogP contribution in [0.3, 0.4) is 0 Å². The average molecular weight is 445 g/mol. The van der Waals surface area contributed by atoms with Gasteiger partial charge in [0.1, 0.15) is 0 Å². The first-order valence-electron chi connectivity index (χ1n) is 8.00. The molecule has 0 aromatic heterocycles. The Labute approximate surface area is 153 Å². The zero-order chi connectivity index (χ0) is 15.9. The topological polar surface area (TPSA) is 70.6 Å². The number of sulfone groups is 1. The molecule has 1 aliphatic heterocycles. The predicted molar refractivity (Wildman–Crippen MR) is 105 cm³/mol. The van der Waals surface area contributed by atoms with Gasteiger partial charge in [-0.15, -0.1) is 24.0 Å². The molecule has 0 aliphatic carbocycles. The summed E-state index contributed by atoms with van der Waals surface area (Å²) < 4.78 is 22.9. The second kappa shape index (κ2) is 10.7. The molecule has 0 aromatic carbocycles. The van der Waals surface area contributed by atoms with Crippen LogP contribution in [0.15, 0.2) is 4.99 Å². The van der Waals surface area contributed by atoms with Crippen molar-refractivity contribution in [2.45, 2.75) is 52.5 Å². The van der Waals surface area contributed by atoms with Gasteiger partial charge in [-0.1, -0.05) is 26.7 Å². The number of aliphatic imine (C=N–C) groups is 1. The molecular weight excluding hydrogens is 413 g/mol. The minimum atomic E-state index is -2.79. The van der Waals surface area contributed by atoms with Crippen molar-refractivity contribution in [2.24, 2.45) is 16.8 Å². The Hall–Kier alpha value is -0.0500. The maximum atomic E-state index is 11.4. The fourth-order valence-corrected chi connectivity index (χ4v) is 4.47. The standard InChI is InChI=1S/C15H31N3O2S.HI/c1-12(2)6-5-7-13(3)18-15(16-4)17-10-14-8-9-21(19,20)11-14;/h12-14H,5-11H2,1-4H3,(H2,16,17,18);1H. The normalized spacial score (nSPS) is 22.2. The second-order valence-electron chi connectivity index (χ2n) is 6.59. The number of rotatable bonds is 7. The number of nitrogens with zero attached hydrogens (tertiary/aromatic N) is 1. The lowest BCUT2D eigenvalue weighted by Crippen LogP contribution is -2.44. The molecule has 2 N–H and O–H groups in total. The second-order valence-corrected chi connectivity index (χ2v) is 8.82. The van der Waals surface area contributed by atoms with E-state index in [2.05, 4.69) is 36.4 Å². The smallest absolute Gasteiger partial charge is 0.191 e. The summed E-state index contributed by atoms with van der Waals surface area (Å²) in [5.41, 5.74) is 0. The molecule has 22 heavy (non-hydrogen) atoms. The van der Waals surface area contributed by atoms with Crippen molar-refractivity contribution in [3.63, 3.8) is 0 Å². The molecule has 1 aliphatic rings. The molecule has 1 heterocycles. The van der Waals surface area contributed by atoms with Crippen LogP contribution in [-0.4, -0.2) is 45.5 Å². The molecule has 0 saturated carbocycles. The molecular formula is C15H32IN3O2S. The zero-order valence-electron chi connectivity index (χ0n) is 14.3. The highest BCUT2D eigenvalue weighted by molar-refractivity contribution is 14.0. The maximum Gasteiger partial charge on any atom is 0.191 e. The summed E-state index contributed by atoms with van der Waals surface area (Å²) in [6.45, 7) is 7.33. The number of nitrogens with one attached hydrogen (secondary N) is 2. The fraction of sp³-hybridized carbons (Fsp3) is 0.933. The Morgan fingerprint density at radius 2 is 1.95 bits per heavy atom. The molecule has 1 rings (SSSR count). The fourth-order valence-electron chi connectivity index (χ4n) is 2.61. The molecule has 5 nitrogen and oxygen atoms in total. The SMILES string of the molecule is CN=C(NCC1CCS(=O)(=O)C1)NC(C)CCCC(C)C.I. The van der Waals surface area contributed by atoms with E-state index < -0.39 is 9.84 Å². The lowest BCUT2D eigenvalue weighted by atomic mass is 10.0. The van der Waals surface area contributed by atoms with E-state index in [1.807, 2.05) is 0 Å². The summed E-state index contributed by atoms with van der Waals surface area (Å²) in [6, 6.07) is 0.377. The molecule has 1 fully saturated rings. The lowest BCUT2D eigenvalue weighted by molar-refractivity contribution is 0.488. The third-order valence-electron chi connectivity index (χ3n) is 3.91. The van der Waals surface area contributed by atoms with Crippen LogP contribution >= 0.6 is 24.0 Å². The van der Waals surface area contributed by atoms with Gasteiger partial charge in [-0.2, -0.15) is 0 Å². The molecule has 0 aromatic rings. The van der Waals surface area contributed by atoms with Gasteiger partial charge < -0.3 is 10.6 Å². The van der Waals surface area contributed by atoms with Gasteiger partial charge in [-0.05, 0) is 31.6 Å². The van der Waals surface area contributed by atoms with Crippen molar-refractivity contribution in [1.29, 1.82) is 0 Å². The van der Waals surface area contributed by atoms with Crippen LogP contribution in [0.25, 0.3) is 0 Å². The van der Waals surface area contributed by atoms with Gasteiger partial charge in [0.2, 0.25) is 0 Å². The predicted octanol–water partition coefficient (Wildman–Crippen LogP) is 2.42. The molecule has 2 atom stereocenters. The van der Waals surface area contributed by atoms with E-state index in [-0.39, 0.29) is 29.9 Å². The number of halogens is 1. The van der Waals surface area contributed by atoms with Crippen LogP contribution in [0.2, 0.25) is 0 Å².